The highest BCUT2D eigenvalue weighted by molar-refractivity contribution is 7.89. The number of hydrogen-bond donors (Lipinski definition) is 1. The minimum absolute atomic E-state index is 0.0424. The molecule has 3 aromatic carbocycles. The van der Waals surface area contributed by atoms with Crippen molar-refractivity contribution in [2.24, 2.45) is 0 Å². The van der Waals surface area contributed by atoms with E-state index < -0.39 is 10.0 Å². The molecular formula is C24H24N2O3S. The Morgan fingerprint density at radius 2 is 1.73 bits per heavy atom. The number of anilines is 1. The van der Waals surface area contributed by atoms with Crippen LogP contribution < -0.4 is 9.62 Å². The molecule has 1 atom stereocenters. The lowest BCUT2D eigenvalue weighted by Crippen LogP contribution is -2.35. The van der Waals surface area contributed by atoms with Gasteiger partial charge in [-0.05, 0) is 61.7 Å². The third kappa shape index (κ3) is 4.01. The lowest BCUT2D eigenvalue weighted by Gasteiger charge is -2.23. The quantitative estimate of drug-likeness (QED) is 0.677. The molecule has 1 aliphatic heterocycles. The summed E-state index contributed by atoms with van der Waals surface area (Å²) in [5.74, 6) is -0.0424. The Hall–Kier alpha value is -2.96. The Kier molecular flexibility index (Phi) is 5.45. The van der Waals surface area contributed by atoms with Gasteiger partial charge < -0.3 is 4.90 Å². The monoisotopic (exact) mass is 420 g/mol. The molecule has 30 heavy (non-hydrogen) atoms. The molecule has 5 nitrogen and oxygen atoms in total. The van der Waals surface area contributed by atoms with Crippen molar-refractivity contribution >= 4 is 21.6 Å². The third-order valence-electron chi connectivity index (χ3n) is 5.40. The summed E-state index contributed by atoms with van der Waals surface area (Å²) in [6.45, 7) is 4.10. The molecule has 0 aromatic heterocycles. The van der Waals surface area contributed by atoms with Crippen LogP contribution in [0.4, 0.5) is 5.69 Å². The largest absolute Gasteiger partial charge is 0.305 e. The topological polar surface area (TPSA) is 66.5 Å². The molecule has 0 spiro atoms. The lowest BCUT2D eigenvalue weighted by atomic mass is 10.1. The van der Waals surface area contributed by atoms with Gasteiger partial charge in [-0.1, -0.05) is 48.0 Å². The summed E-state index contributed by atoms with van der Waals surface area (Å²) < 4.78 is 27.8. The molecule has 154 valence electrons. The second kappa shape index (κ2) is 8.05. The molecule has 3 aromatic rings. The number of rotatable bonds is 5. The van der Waals surface area contributed by atoms with Gasteiger partial charge in [0.05, 0.1) is 4.90 Å². The van der Waals surface area contributed by atoms with Crippen LogP contribution in [0.1, 0.15) is 34.0 Å². The van der Waals surface area contributed by atoms with Crippen molar-refractivity contribution in [1.29, 1.82) is 0 Å². The summed E-state index contributed by atoms with van der Waals surface area (Å²) in [6.07, 6.45) is 0.781. The number of amides is 1. The van der Waals surface area contributed by atoms with Gasteiger partial charge in [0.2, 0.25) is 10.0 Å². The Balaban J connectivity index is 1.56. The number of carbonyl (C=O) groups is 1. The highest BCUT2D eigenvalue weighted by Gasteiger charge is 2.31. The van der Waals surface area contributed by atoms with Gasteiger partial charge in [0.15, 0.2) is 0 Å². The highest BCUT2D eigenvalue weighted by atomic mass is 32.2. The molecule has 0 radical (unpaired) electrons. The molecule has 1 heterocycles. The van der Waals surface area contributed by atoms with E-state index in [2.05, 4.69) is 4.72 Å². The third-order valence-corrected chi connectivity index (χ3v) is 6.82. The fraction of sp³-hybridized carbons (Fsp3) is 0.208. The van der Waals surface area contributed by atoms with Crippen molar-refractivity contribution in [2.75, 3.05) is 4.90 Å². The minimum atomic E-state index is -3.60. The van der Waals surface area contributed by atoms with E-state index in [0.29, 0.717) is 5.56 Å². The van der Waals surface area contributed by atoms with Crippen molar-refractivity contribution < 1.29 is 13.2 Å². The van der Waals surface area contributed by atoms with E-state index in [-0.39, 0.29) is 23.4 Å². The Labute approximate surface area is 177 Å². The first-order valence-electron chi connectivity index (χ1n) is 9.92. The number of sulfonamides is 1. The van der Waals surface area contributed by atoms with Gasteiger partial charge in [0.25, 0.3) is 5.91 Å². The Morgan fingerprint density at radius 3 is 2.43 bits per heavy atom. The van der Waals surface area contributed by atoms with Crippen LogP contribution in [0, 0.1) is 6.92 Å². The van der Waals surface area contributed by atoms with Gasteiger partial charge in [0, 0.05) is 23.8 Å². The first-order chi connectivity index (χ1) is 14.3. The van der Waals surface area contributed by atoms with Crippen molar-refractivity contribution in [3.05, 3.63) is 95.1 Å². The number of nitrogens with zero attached hydrogens (tertiary/aromatic N) is 1. The number of benzene rings is 3. The molecular weight excluding hydrogens is 396 g/mol. The average Bonchev–Trinajstić information content (AvgIpc) is 3.07. The highest BCUT2D eigenvalue weighted by Crippen LogP contribution is 2.34. The summed E-state index contributed by atoms with van der Waals surface area (Å²) in [6, 6.07) is 21.8. The van der Waals surface area contributed by atoms with Crippen molar-refractivity contribution in [1.82, 2.24) is 4.72 Å². The van der Waals surface area contributed by atoms with E-state index in [1.165, 1.54) is 0 Å². The van der Waals surface area contributed by atoms with Crippen LogP contribution in [0.25, 0.3) is 0 Å². The summed E-state index contributed by atoms with van der Waals surface area (Å²) >= 11 is 0. The maximum absolute atomic E-state index is 13.1. The normalized spacial score (nSPS) is 15.8. The van der Waals surface area contributed by atoms with Gasteiger partial charge in [-0.2, -0.15) is 0 Å². The zero-order valence-electron chi connectivity index (χ0n) is 17.0. The van der Waals surface area contributed by atoms with E-state index in [9.17, 15) is 13.2 Å². The standard InChI is InChI=1S/C24H24N2O3S/c1-17-8-12-22(13-9-17)30(28,29)25-16-19-10-11-21-14-18(2)26(23(21)15-19)24(27)20-6-4-3-5-7-20/h3-13,15,18,25H,14,16H2,1-2H3/t18-/m1/s1. The summed E-state index contributed by atoms with van der Waals surface area (Å²) in [5.41, 5.74) is 4.40. The van der Waals surface area contributed by atoms with Gasteiger partial charge in [-0.3, -0.25) is 4.79 Å². The predicted octanol–water partition coefficient (Wildman–Crippen LogP) is 4.06. The number of fused-ring (bicyclic) bond motifs is 1. The van der Waals surface area contributed by atoms with Crippen LogP contribution in [0.5, 0.6) is 0 Å². The van der Waals surface area contributed by atoms with Crippen LogP contribution >= 0.6 is 0 Å². The first-order valence-corrected chi connectivity index (χ1v) is 11.4. The van der Waals surface area contributed by atoms with Crippen LogP contribution in [0.3, 0.4) is 0 Å². The fourth-order valence-electron chi connectivity index (χ4n) is 3.77. The smallest absolute Gasteiger partial charge is 0.258 e. The average molecular weight is 421 g/mol. The molecule has 4 rings (SSSR count). The molecule has 1 N–H and O–H groups in total. The summed E-state index contributed by atoms with van der Waals surface area (Å²) in [7, 11) is -3.60. The molecule has 0 bridgehead atoms. The maximum Gasteiger partial charge on any atom is 0.258 e. The molecule has 1 aliphatic rings. The van der Waals surface area contributed by atoms with E-state index in [1.54, 1.807) is 24.3 Å². The minimum Gasteiger partial charge on any atom is -0.305 e. The molecule has 0 fully saturated rings. The Morgan fingerprint density at radius 1 is 1.03 bits per heavy atom. The fourth-order valence-corrected chi connectivity index (χ4v) is 4.79. The van der Waals surface area contributed by atoms with Gasteiger partial charge >= 0.3 is 0 Å². The molecule has 6 heteroatoms. The lowest BCUT2D eigenvalue weighted by molar-refractivity contribution is 0.0981. The van der Waals surface area contributed by atoms with Crippen LogP contribution in [-0.2, 0) is 23.0 Å². The summed E-state index contributed by atoms with van der Waals surface area (Å²) in [5, 5.41) is 0. The summed E-state index contributed by atoms with van der Waals surface area (Å²) in [4.78, 5) is 15.1. The number of nitrogens with one attached hydrogen (secondary N) is 1. The van der Waals surface area contributed by atoms with Crippen LogP contribution in [0.15, 0.2) is 77.7 Å². The Bertz CT molecular complexity index is 1170. The SMILES string of the molecule is Cc1ccc(S(=O)(=O)NCc2ccc3c(c2)N(C(=O)c2ccccc2)[C@H](C)C3)cc1. The number of carbonyl (C=O) groups excluding carboxylic acids is 1. The van der Waals surface area contributed by atoms with Crippen molar-refractivity contribution in [3.8, 4) is 0 Å². The molecule has 1 amide bonds. The first kappa shape index (κ1) is 20.3. The number of aryl methyl sites for hydroxylation is 1. The van der Waals surface area contributed by atoms with Crippen LogP contribution in [0.2, 0.25) is 0 Å². The zero-order chi connectivity index (χ0) is 21.3. The van der Waals surface area contributed by atoms with E-state index in [0.717, 1.165) is 28.8 Å². The zero-order valence-corrected chi connectivity index (χ0v) is 17.8. The second-order valence-corrected chi connectivity index (χ2v) is 9.46. The van der Waals surface area contributed by atoms with E-state index in [1.807, 2.05) is 67.3 Å². The van der Waals surface area contributed by atoms with E-state index in [4.69, 9.17) is 0 Å². The molecule has 0 saturated carbocycles. The van der Waals surface area contributed by atoms with Gasteiger partial charge in [-0.25, -0.2) is 13.1 Å². The van der Waals surface area contributed by atoms with Crippen LogP contribution in [-0.4, -0.2) is 20.4 Å². The second-order valence-electron chi connectivity index (χ2n) is 7.69. The van der Waals surface area contributed by atoms with Crippen molar-refractivity contribution in [3.63, 3.8) is 0 Å². The van der Waals surface area contributed by atoms with Gasteiger partial charge in [0.1, 0.15) is 0 Å². The molecule has 0 saturated heterocycles. The molecule has 0 unspecified atom stereocenters. The maximum atomic E-state index is 13.1. The van der Waals surface area contributed by atoms with E-state index >= 15 is 0 Å². The van der Waals surface area contributed by atoms with Crippen molar-refractivity contribution in [2.45, 2.75) is 37.8 Å². The van der Waals surface area contributed by atoms with Gasteiger partial charge in [-0.15, -0.1) is 0 Å². The molecule has 0 aliphatic carbocycles. The number of hydrogen-bond acceptors (Lipinski definition) is 3. The predicted molar refractivity (Wildman–Crippen MR) is 118 cm³/mol.